The summed E-state index contributed by atoms with van der Waals surface area (Å²) in [4.78, 5) is 15.0. The molecule has 0 spiro atoms. The van der Waals surface area contributed by atoms with Crippen LogP contribution >= 0.6 is 0 Å². The molecule has 0 saturated carbocycles. The number of nitrogens with zero attached hydrogens (tertiary/aromatic N) is 2. The molecular formula is C13H25N2O3+. The van der Waals surface area contributed by atoms with Crippen LogP contribution in [0.3, 0.4) is 0 Å². The van der Waals surface area contributed by atoms with Gasteiger partial charge in [-0.05, 0) is 6.42 Å². The third-order valence-corrected chi connectivity index (χ3v) is 3.40. The number of aliphatic imine (C=N–C) groups is 1. The average Bonchev–Trinajstić information content (AvgIpc) is 2.63. The Hall–Kier alpha value is -0.940. The van der Waals surface area contributed by atoms with Crippen molar-refractivity contribution in [2.45, 2.75) is 51.9 Å². The Kier molecular flexibility index (Phi) is 6.29. The minimum atomic E-state index is -0.977. The minimum Gasteiger partial charge on any atom is -0.477 e. The van der Waals surface area contributed by atoms with Crippen LogP contribution in [0.25, 0.3) is 0 Å². The Balaban J connectivity index is 2.26. The van der Waals surface area contributed by atoms with Gasteiger partial charge in [-0.3, -0.25) is 0 Å². The lowest BCUT2D eigenvalue weighted by Gasteiger charge is -2.23. The molecule has 1 aliphatic rings. The molecule has 0 bridgehead atoms. The number of hydroxylamine groups is 3. The molecule has 1 rings (SSSR count). The monoisotopic (exact) mass is 257 g/mol. The first-order valence-corrected chi connectivity index (χ1v) is 6.94. The molecular weight excluding hydrogens is 232 g/mol. The fourth-order valence-electron chi connectivity index (χ4n) is 2.35. The standard InChI is InChI=1S/C13H24N2O3/c1-2-3-4-5-6-7-8-12-14-9-10-15(12,18)11-13(16)17/h18H,2-11H2,1H3/p+1. The Morgan fingerprint density at radius 1 is 1.28 bits per heavy atom. The van der Waals surface area contributed by atoms with E-state index >= 15 is 0 Å². The molecule has 5 heteroatoms. The van der Waals surface area contributed by atoms with Crippen molar-refractivity contribution in [1.82, 2.24) is 0 Å². The summed E-state index contributed by atoms with van der Waals surface area (Å²) in [5.74, 6) is -0.331. The predicted molar refractivity (Wildman–Crippen MR) is 69.7 cm³/mol. The molecule has 5 nitrogen and oxygen atoms in total. The van der Waals surface area contributed by atoms with Gasteiger partial charge in [0.1, 0.15) is 6.54 Å². The second-order valence-electron chi connectivity index (χ2n) is 5.01. The first-order chi connectivity index (χ1) is 8.58. The van der Waals surface area contributed by atoms with Crippen LogP contribution in [0.15, 0.2) is 4.99 Å². The van der Waals surface area contributed by atoms with Crippen molar-refractivity contribution in [2.75, 3.05) is 19.6 Å². The Morgan fingerprint density at radius 2 is 1.94 bits per heavy atom. The van der Waals surface area contributed by atoms with Crippen molar-refractivity contribution in [3.63, 3.8) is 0 Å². The molecule has 0 aromatic heterocycles. The number of hydrogen-bond donors (Lipinski definition) is 2. The largest absolute Gasteiger partial charge is 0.477 e. The van der Waals surface area contributed by atoms with Crippen LogP contribution < -0.4 is 0 Å². The highest BCUT2D eigenvalue weighted by Crippen LogP contribution is 2.17. The summed E-state index contributed by atoms with van der Waals surface area (Å²) in [6, 6.07) is 0. The molecule has 0 aliphatic carbocycles. The molecule has 0 fully saturated rings. The van der Waals surface area contributed by atoms with E-state index in [-0.39, 0.29) is 6.54 Å². The van der Waals surface area contributed by atoms with Crippen LogP contribution in [0.4, 0.5) is 0 Å². The van der Waals surface area contributed by atoms with Gasteiger partial charge in [0.05, 0.1) is 6.54 Å². The van der Waals surface area contributed by atoms with Gasteiger partial charge in [-0.15, -0.1) is 4.65 Å². The van der Waals surface area contributed by atoms with E-state index in [2.05, 4.69) is 11.9 Å². The highest BCUT2D eigenvalue weighted by atomic mass is 16.6. The topological polar surface area (TPSA) is 69.9 Å². The second kappa shape index (κ2) is 7.48. The maximum Gasteiger partial charge on any atom is 0.362 e. The van der Waals surface area contributed by atoms with Crippen LogP contribution in [0.5, 0.6) is 0 Å². The number of quaternary nitrogens is 1. The van der Waals surface area contributed by atoms with Crippen molar-refractivity contribution >= 4 is 11.8 Å². The van der Waals surface area contributed by atoms with Crippen molar-refractivity contribution < 1.29 is 19.8 Å². The lowest BCUT2D eigenvalue weighted by molar-refractivity contribution is -1.02. The number of unbranched alkanes of at least 4 members (excludes halogenated alkanes) is 5. The summed E-state index contributed by atoms with van der Waals surface area (Å²) in [5, 5.41) is 19.0. The zero-order valence-electron chi connectivity index (χ0n) is 11.3. The number of amidine groups is 1. The Labute approximate surface area is 109 Å². The van der Waals surface area contributed by atoms with E-state index in [0.717, 1.165) is 19.3 Å². The highest BCUT2D eigenvalue weighted by molar-refractivity contribution is 5.79. The molecule has 1 unspecified atom stereocenters. The van der Waals surface area contributed by atoms with Gasteiger partial charge >= 0.3 is 5.97 Å². The number of rotatable bonds is 9. The fraction of sp³-hybridized carbons (Fsp3) is 0.846. The molecule has 1 atom stereocenters. The lowest BCUT2D eigenvalue weighted by atomic mass is 10.1. The van der Waals surface area contributed by atoms with Gasteiger partial charge in [-0.2, -0.15) is 0 Å². The summed E-state index contributed by atoms with van der Waals surface area (Å²) in [6.45, 7) is 2.86. The first kappa shape index (κ1) is 15.1. The summed E-state index contributed by atoms with van der Waals surface area (Å²) in [7, 11) is 0. The van der Waals surface area contributed by atoms with Crippen LogP contribution in [0.2, 0.25) is 0 Å². The first-order valence-electron chi connectivity index (χ1n) is 6.94. The van der Waals surface area contributed by atoms with Gasteiger partial charge < -0.3 is 5.11 Å². The van der Waals surface area contributed by atoms with Crippen molar-refractivity contribution in [3.05, 3.63) is 0 Å². The van der Waals surface area contributed by atoms with E-state index in [1.807, 2.05) is 0 Å². The van der Waals surface area contributed by atoms with Gasteiger partial charge in [0.2, 0.25) is 12.4 Å². The molecule has 0 aromatic rings. The fourth-order valence-corrected chi connectivity index (χ4v) is 2.35. The van der Waals surface area contributed by atoms with Gasteiger partial charge in [0.15, 0.2) is 0 Å². The molecule has 2 N–H and O–H groups in total. The van der Waals surface area contributed by atoms with Crippen molar-refractivity contribution in [2.24, 2.45) is 4.99 Å². The van der Waals surface area contributed by atoms with Gasteiger partial charge in [-0.25, -0.2) is 15.0 Å². The third kappa shape index (κ3) is 4.74. The molecule has 1 heterocycles. The smallest absolute Gasteiger partial charge is 0.362 e. The predicted octanol–water partition coefficient (Wildman–Crippen LogP) is 2.44. The molecule has 0 amide bonds. The number of carboxylic acids is 1. The maximum absolute atomic E-state index is 10.7. The zero-order chi connectivity index (χ0) is 13.4. The van der Waals surface area contributed by atoms with Crippen molar-refractivity contribution in [1.29, 1.82) is 0 Å². The van der Waals surface area contributed by atoms with Crippen LogP contribution in [0, 0.1) is 0 Å². The maximum atomic E-state index is 10.7. The van der Waals surface area contributed by atoms with E-state index in [1.54, 1.807) is 0 Å². The minimum absolute atomic E-state index is 0.269. The summed E-state index contributed by atoms with van der Waals surface area (Å²) in [6.07, 6.45) is 7.83. The van der Waals surface area contributed by atoms with Crippen LogP contribution in [-0.4, -0.2) is 46.4 Å². The molecule has 0 aromatic carbocycles. The Bertz CT molecular complexity index is 305. The zero-order valence-corrected chi connectivity index (χ0v) is 11.3. The van der Waals surface area contributed by atoms with Crippen LogP contribution in [0.1, 0.15) is 51.9 Å². The van der Waals surface area contributed by atoms with Crippen LogP contribution in [-0.2, 0) is 4.79 Å². The summed E-state index contributed by atoms with van der Waals surface area (Å²) >= 11 is 0. The van der Waals surface area contributed by atoms with E-state index in [4.69, 9.17) is 5.11 Å². The number of hydrogen-bond acceptors (Lipinski definition) is 3. The molecule has 0 radical (unpaired) electrons. The van der Waals surface area contributed by atoms with Gasteiger partial charge in [-0.1, -0.05) is 39.0 Å². The summed E-state index contributed by atoms with van der Waals surface area (Å²) in [5.41, 5.74) is 0. The van der Waals surface area contributed by atoms with Gasteiger partial charge in [0.25, 0.3) is 0 Å². The van der Waals surface area contributed by atoms with Gasteiger partial charge in [0, 0.05) is 6.42 Å². The molecule has 18 heavy (non-hydrogen) atoms. The van der Waals surface area contributed by atoms with E-state index in [9.17, 15) is 10.0 Å². The quantitative estimate of drug-likeness (QED) is 0.492. The normalized spacial score (nSPS) is 23.1. The Morgan fingerprint density at radius 3 is 2.61 bits per heavy atom. The molecule has 1 aliphatic heterocycles. The molecule has 0 saturated heterocycles. The average molecular weight is 257 g/mol. The lowest BCUT2D eigenvalue weighted by Crippen LogP contribution is -2.50. The summed E-state index contributed by atoms with van der Waals surface area (Å²) < 4.78 is -0.482. The third-order valence-electron chi connectivity index (χ3n) is 3.40. The number of carboxylic acid groups (broad SMARTS) is 1. The second-order valence-corrected chi connectivity index (χ2v) is 5.01. The van der Waals surface area contributed by atoms with E-state index in [0.29, 0.717) is 18.9 Å². The highest BCUT2D eigenvalue weighted by Gasteiger charge is 2.39. The number of aliphatic carboxylic acids is 1. The number of carbonyl (C=O) groups is 1. The van der Waals surface area contributed by atoms with Crippen molar-refractivity contribution in [3.8, 4) is 0 Å². The van der Waals surface area contributed by atoms with E-state index < -0.39 is 10.6 Å². The van der Waals surface area contributed by atoms with E-state index in [1.165, 1.54) is 25.7 Å². The molecule has 104 valence electrons. The SMILES string of the molecule is CCCCCCCCC1=NCC[N+]1(O)CC(=O)O.